The van der Waals surface area contributed by atoms with E-state index in [2.05, 4.69) is 46.4 Å². The van der Waals surface area contributed by atoms with Crippen molar-refractivity contribution >= 4 is 0 Å². The third-order valence-electron chi connectivity index (χ3n) is 5.09. The number of likely N-dealkylation sites (tertiary alicyclic amines) is 1. The normalized spacial score (nSPS) is 26.3. The maximum atomic E-state index is 2.68. The molecular formula is C17H33N. The first kappa shape index (κ1) is 14.4. The van der Waals surface area contributed by atoms with Crippen LogP contribution >= 0.6 is 0 Å². The average molecular weight is 251 g/mol. The third-order valence-corrected chi connectivity index (χ3v) is 5.09. The van der Waals surface area contributed by atoms with Gasteiger partial charge in [0.15, 0.2) is 0 Å². The van der Waals surface area contributed by atoms with Crippen molar-refractivity contribution in [2.45, 2.75) is 67.2 Å². The van der Waals surface area contributed by atoms with E-state index in [9.17, 15) is 0 Å². The van der Waals surface area contributed by atoms with Crippen LogP contribution in [-0.4, -0.2) is 24.5 Å². The van der Waals surface area contributed by atoms with Crippen LogP contribution in [0.25, 0.3) is 0 Å². The van der Waals surface area contributed by atoms with Gasteiger partial charge in [0.2, 0.25) is 0 Å². The van der Waals surface area contributed by atoms with Crippen LogP contribution in [0.4, 0.5) is 0 Å². The summed E-state index contributed by atoms with van der Waals surface area (Å²) >= 11 is 0. The lowest BCUT2D eigenvalue weighted by atomic mass is 9.61. The molecule has 1 aliphatic carbocycles. The number of rotatable bonds is 1. The molecule has 1 saturated carbocycles. The van der Waals surface area contributed by atoms with E-state index in [1.54, 1.807) is 0 Å². The van der Waals surface area contributed by atoms with Gasteiger partial charge in [-0.2, -0.15) is 0 Å². The van der Waals surface area contributed by atoms with Gasteiger partial charge in [0, 0.05) is 19.6 Å². The van der Waals surface area contributed by atoms with Gasteiger partial charge in [-0.05, 0) is 47.8 Å². The molecule has 18 heavy (non-hydrogen) atoms. The third kappa shape index (κ3) is 3.29. The summed E-state index contributed by atoms with van der Waals surface area (Å²) in [6, 6.07) is 0. The zero-order chi connectivity index (χ0) is 13.6. The van der Waals surface area contributed by atoms with E-state index in [4.69, 9.17) is 0 Å². The standard InChI is InChI=1S/C17H33N/c1-15(2,3)11-18-12-17(13-18)9-7-14(8-10-17)16(4,5)6/h14H,7-13H2,1-6H3. The van der Waals surface area contributed by atoms with E-state index < -0.39 is 0 Å². The molecule has 0 N–H and O–H groups in total. The van der Waals surface area contributed by atoms with E-state index in [-0.39, 0.29) is 0 Å². The van der Waals surface area contributed by atoms with Crippen LogP contribution in [0.5, 0.6) is 0 Å². The topological polar surface area (TPSA) is 3.24 Å². The van der Waals surface area contributed by atoms with Crippen molar-refractivity contribution in [1.82, 2.24) is 4.90 Å². The van der Waals surface area contributed by atoms with Gasteiger partial charge in [-0.25, -0.2) is 0 Å². The predicted molar refractivity (Wildman–Crippen MR) is 79.7 cm³/mol. The van der Waals surface area contributed by atoms with Crippen LogP contribution in [0.3, 0.4) is 0 Å². The summed E-state index contributed by atoms with van der Waals surface area (Å²) in [7, 11) is 0. The van der Waals surface area contributed by atoms with Crippen molar-refractivity contribution in [3.63, 3.8) is 0 Å². The predicted octanol–water partition coefficient (Wildman–Crippen LogP) is 4.57. The van der Waals surface area contributed by atoms with E-state index in [0.29, 0.717) is 16.2 Å². The van der Waals surface area contributed by atoms with Crippen molar-refractivity contribution in [1.29, 1.82) is 0 Å². The second kappa shape index (κ2) is 4.51. The van der Waals surface area contributed by atoms with Crippen LogP contribution in [0.2, 0.25) is 0 Å². The fourth-order valence-electron chi connectivity index (χ4n) is 4.10. The quantitative estimate of drug-likeness (QED) is 0.660. The van der Waals surface area contributed by atoms with Gasteiger partial charge in [0.05, 0.1) is 0 Å². The Bertz CT molecular complexity index is 268. The fourth-order valence-corrected chi connectivity index (χ4v) is 4.10. The molecule has 0 unspecified atom stereocenters. The highest BCUT2D eigenvalue weighted by molar-refractivity contribution is 4.99. The Kier molecular flexibility index (Phi) is 3.60. The zero-order valence-corrected chi connectivity index (χ0v) is 13.5. The monoisotopic (exact) mass is 251 g/mol. The van der Waals surface area contributed by atoms with E-state index in [1.807, 2.05) is 0 Å². The largest absolute Gasteiger partial charge is 0.302 e. The summed E-state index contributed by atoms with van der Waals surface area (Å²) in [5.41, 5.74) is 1.70. The summed E-state index contributed by atoms with van der Waals surface area (Å²) in [6.07, 6.45) is 5.89. The van der Waals surface area contributed by atoms with Crippen molar-refractivity contribution in [2.75, 3.05) is 19.6 Å². The number of hydrogen-bond acceptors (Lipinski definition) is 1. The number of nitrogens with zero attached hydrogens (tertiary/aromatic N) is 1. The Labute approximate surface area is 114 Å². The minimum Gasteiger partial charge on any atom is -0.302 e. The molecule has 0 aromatic rings. The minimum atomic E-state index is 0.463. The van der Waals surface area contributed by atoms with E-state index in [0.717, 1.165) is 5.92 Å². The maximum absolute atomic E-state index is 2.68. The Morgan fingerprint density at radius 2 is 1.44 bits per heavy atom. The summed E-state index contributed by atoms with van der Waals surface area (Å²) in [6.45, 7) is 18.4. The van der Waals surface area contributed by atoms with Crippen molar-refractivity contribution in [2.24, 2.45) is 22.2 Å². The van der Waals surface area contributed by atoms with E-state index in [1.165, 1.54) is 45.3 Å². The maximum Gasteiger partial charge on any atom is 0.00507 e. The molecule has 1 heterocycles. The molecule has 1 aliphatic heterocycles. The molecule has 0 aromatic heterocycles. The molecular weight excluding hydrogens is 218 g/mol. The summed E-state index contributed by atoms with van der Waals surface area (Å²) in [4.78, 5) is 2.68. The second-order valence-electron chi connectivity index (χ2n) is 9.35. The lowest BCUT2D eigenvalue weighted by Gasteiger charge is -2.56. The first-order valence-corrected chi connectivity index (χ1v) is 7.82. The number of hydrogen-bond donors (Lipinski definition) is 0. The molecule has 0 amide bonds. The van der Waals surface area contributed by atoms with Crippen LogP contribution in [-0.2, 0) is 0 Å². The summed E-state index contributed by atoms with van der Waals surface area (Å²) in [5.74, 6) is 0.958. The highest BCUT2D eigenvalue weighted by Crippen LogP contribution is 2.49. The molecule has 0 aromatic carbocycles. The van der Waals surface area contributed by atoms with Gasteiger partial charge in [0.25, 0.3) is 0 Å². The van der Waals surface area contributed by atoms with Crippen LogP contribution in [0.15, 0.2) is 0 Å². The fraction of sp³-hybridized carbons (Fsp3) is 1.00. The van der Waals surface area contributed by atoms with Crippen molar-refractivity contribution in [3.8, 4) is 0 Å². The lowest BCUT2D eigenvalue weighted by molar-refractivity contribution is -0.0620. The van der Waals surface area contributed by atoms with Crippen LogP contribution in [0, 0.1) is 22.2 Å². The highest BCUT2D eigenvalue weighted by atomic mass is 15.2. The van der Waals surface area contributed by atoms with Gasteiger partial charge < -0.3 is 4.90 Å². The van der Waals surface area contributed by atoms with Gasteiger partial charge in [-0.3, -0.25) is 0 Å². The molecule has 1 spiro atoms. The molecule has 2 fully saturated rings. The van der Waals surface area contributed by atoms with E-state index >= 15 is 0 Å². The van der Waals surface area contributed by atoms with Crippen molar-refractivity contribution in [3.05, 3.63) is 0 Å². The Morgan fingerprint density at radius 1 is 0.944 bits per heavy atom. The average Bonchev–Trinajstić information content (AvgIpc) is 2.12. The first-order chi connectivity index (χ1) is 8.10. The van der Waals surface area contributed by atoms with Gasteiger partial charge in [0.1, 0.15) is 0 Å². The molecule has 2 rings (SSSR count). The van der Waals surface area contributed by atoms with Crippen LogP contribution in [0.1, 0.15) is 67.2 Å². The highest BCUT2D eigenvalue weighted by Gasteiger charge is 2.46. The Morgan fingerprint density at radius 3 is 1.83 bits per heavy atom. The van der Waals surface area contributed by atoms with Crippen molar-refractivity contribution < 1.29 is 0 Å². The molecule has 1 nitrogen and oxygen atoms in total. The van der Waals surface area contributed by atoms with Gasteiger partial charge in [-0.1, -0.05) is 41.5 Å². The first-order valence-electron chi connectivity index (χ1n) is 7.82. The zero-order valence-electron chi connectivity index (χ0n) is 13.5. The molecule has 106 valence electrons. The summed E-state index contributed by atoms with van der Waals surface area (Å²) in [5, 5.41) is 0. The smallest absolute Gasteiger partial charge is 0.00507 e. The Hall–Kier alpha value is -0.0400. The molecule has 0 radical (unpaired) electrons. The summed E-state index contributed by atoms with van der Waals surface area (Å²) < 4.78 is 0. The molecule has 0 bridgehead atoms. The minimum absolute atomic E-state index is 0.463. The van der Waals surface area contributed by atoms with Gasteiger partial charge in [-0.15, -0.1) is 0 Å². The SMILES string of the molecule is CC(C)(C)CN1CC2(CCC(C(C)(C)C)CC2)C1. The molecule has 0 atom stereocenters. The second-order valence-corrected chi connectivity index (χ2v) is 9.35. The molecule has 2 aliphatic rings. The Balaban J connectivity index is 1.79. The lowest BCUT2D eigenvalue weighted by Crippen LogP contribution is -2.59. The molecule has 1 saturated heterocycles. The molecule has 1 heteroatoms. The van der Waals surface area contributed by atoms with Gasteiger partial charge >= 0.3 is 0 Å². The van der Waals surface area contributed by atoms with Crippen LogP contribution < -0.4 is 0 Å².